The first-order valence-corrected chi connectivity index (χ1v) is 8.65. The van der Waals surface area contributed by atoms with Crippen LogP contribution in [0.2, 0.25) is 5.02 Å². The fourth-order valence-electron chi connectivity index (χ4n) is 2.28. The summed E-state index contributed by atoms with van der Waals surface area (Å²) in [7, 11) is 1.71. The quantitative estimate of drug-likeness (QED) is 0.816. The standard InChI is InChI=1S/C15H23ClN2OS/c1-19-8-5-17-12-13-3-4-14(11-15(13)16)18-6-2-9-20-10-7-18/h3-4,11,17H,2,5-10,12H2,1H3. The minimum absolute atomic E-state index is 0.723. The van der Waals surface area contributed by atoms with E-state index in [0.29, 0.717) is 0 Å². The topological polar surface area (TPSA) is 24.5 Å². The molecule has 0 aromatic heterocycles. The molecule has 112 valence electrons. The zero-order chi connectivity index (χ0) is 14.2. The number of hydrogen-bond acceptors (Lipinski definition) is 4. The molecule has 1 aliphatic rings. The molecule has 2 rings (SSSR count). The van der Waals surface area contributed by atoms with Crippen molar-refractivity contribution in [3.05, 3.63) is 28.8 Å². The van der Waals surface area contributed by atoms with Crippen LogP contribution in [0.15, 0.2) is 18.2 Å². The average molecular weight is 315 g/mol. The van der Waals surface area contributed by atoms with Crippen molar-refractivity contribution in [2.45, 2.75) is 13.0 Å². The maximum Gasteiger partial charge on any atom is 0.0587 e. The van der Waals surface area contributed by atoms with Gasteiger partial charge in [0, 0.05) is 49.8 Å². The number of halogens is 1. The predicted molar refractivity (Wildman–Crippen MR) is 89.2 cm³/mol. The van der Waals surface area contributed by atoms with Crippen LogP contribution < -0.4 is 10.2 Å². The number of ether oxygens (including phenoxy) is 1. The summed E-state index contributed by atoms with van der Waals surface area (Å²) in [5, 5.41) is 4.18. The molecule has 0 spiro atoms. The maximum absolute atomic E-state index is 6.40. The molecule has 0 bridgehead atoms. The average Bonchev–Trinajstić information content (AvgIpc) is 2.74. The summed E-state index contributed by atoms with van der Waals surface area (Å²) in [6.45, 7) is 4.61. The van der Waals surface area contributed by atoms with E-state index in [1.807, 2.05) is 11.8 Å². The van der Waals surface area contributed by atoms with Crippen LogP contribution in [0.4, 0.5) is 5.69 Å². The highest BCUT2D eigenvalue weighted by Gasteiger charge is 2.11. The lowest BCUT2D eigenvalue weighted by molar-refractivity contribution is 0.199. The van der Waals surface area contributed by atoms with E-state index >= 15 is 0 Å². The third-order valence-electron chi connectivity index (χ3n) is 3.42. The van der Waals surface area contributed by atoms with Crippen LogP contribution in [0.1, 0.15) is 12.0 Å². The van der Waals surface area contributed by atoms with Crippen molar-refractivity contribution in [2.75, 3.05) is 49.8 Å². The van der Waals surface area contributed by atoms with E-state index in [2.05, 4.69) is 28.4 Å². The Labute approximate surface area is 131 Å². The number of rotatable bonds is 6. The fraction of sp³-hybridized carbons (Fsp3) is 0.600. The van der Waals surface area contributed by atoms with E-state index in [-0.39, 0.29) is 0 Å². The van der Waals surface area contributed by atoms with Gasteiger partial charge in [-0.25, -0.2) is 0 Å². The third kappa shape index (κ3) is 4.85. The van der Waals surface area contributed by atoms with Crippen molar-refractivity contribution < 1.29 is 4.74 Å². The van der Waals surface area contributed by atoms with Crippen molar-refractivity contribution >= 4 is 29.1 Å². The van der Waals surface area contributed by atoms with Crippen molar-refractivity contribution in [3.8, 4) is 0 Å². The molecule has 1 saturated heterocycles. The summed E-state index contributed by atoms with van der Waals surface area (Å²) in [4.78, 5) is 2.44. The highest BCUT2D eigenvalue weighted by Crippen LogP contribution is 2.25. The Bertz CT molecular complexity index is 409. The van der Waals surface area contributed by atoms with E-state index in [1.54, 1.807) is 7.11 Å². The zero-order valence-corrected chi connectivity index (χ0v) is 13.6. The van der Waals surface area contributed by atoms with Crippen LogP contribution in [0.25, 0.3) is 0 Å². The molecule has 0 radical (unpaired) electrons. The van der Waals surface area contributed by atoms with Gasteiger partial charge in [-0.3, -0.25) is 0 Å². The van der Waals surface area contributed by atoms with Gasteiger partial charge in [-0.1, -0.05) is 17.7 Å². The van der Waals surface area contributed by atoms with E-state index in [9.17, 15) is 0 Å². The highest BCUT2D eigenvalue weighted by atomic mass is 35.5. The molecule has 20 heavy (non-hydrogen) atoms. The number of methoxy groups -OCH3 is 1. The molecule has 1 N–H and O–H groups in total. The third-order valence-corrected chi connectivity index (χ3v) is 4.82. The van der Waals surface area contributed by atoms with Gasteiger partial charge in [-0.2, -0.15) is 11.8 Å². The number of nitrogens with zero attached hydrogens (tertiary/aromatic N) is 1. The molecule has 0 amide bonds. The first-order valence-electron chi connectivity index (χ1n) is 7.12. The Hall–Kier alpha value is -0.420. The molecule has 5 heteroatoms. The monoisotopic (exact) mass is 314 g/mol. The van der Waals surface area contributed by atoms with Crippen LogP contribution in [0.3, 0.4) is 0 Å². The van der Waals surface area contributed by atoms with Gasteiger partial charge in [0.25, 0.3) is 0 Å². The highest BCUT2D eigenvalue weighted by molar-refractivity contribution is 7.99. The van der Waals surface area contributed by atoms with Crippen molar-refractivity contribution in [2.24, 2.45) is 0 Å². The number of benzene rings is 1. The molecule has 1 aliphatic heterocycles. The summed E-state index contributed by atoms with van der Waals surface area (Å²) in [6, 6.07) is 6.43. The lowest BCUT2D eigenvalue weighted by Crippen LogP contribution is -2.25. The molecular weight excluding hydrogens is 292 g/mol. The maximum atomic E-state index is 6.40. The lowest BCUT2D eigenvalue weighted by atomic mass is 10.2. The number of anilines is 1. The van der Waals surface area contributed by atoms with Gasteiger partial charge in [0.2, 0.25) is 0 Å². The number of thioether (sulfide) groups is 1. The first-order chi connectivity index (χ1) is 9.81. The molecule has 0 saturated carbocycles. The van der Waals surface area contributed by atoms with Crippen molar-refractivity contribution in [1.82, 2.24) is 5.32 Å². The Morgan fingerprint density at radius 2 is 2.25 bits per heavy atom. The summed E-state index contributed by atoms with van der Waals surface area (Å²) in [6.07, 6.45) is 1.25. The van der Waals surface area contributed by atoms with Crippen LogP contribution >= 0.6 is 23.4 Å². The lowest BCUT2D eigenvalue weighted by Gasteiger charge is -2.23. The van der Waals surface area contributed by atoms with Gasteiger partial charge >= 0.3 is 0 Å². The van der Waals surface area contributed by atoms with Crippen LogP contribution in [-0.4, -0.2) is 44.9 Å². The van der Waals surface area contributed by atoms with Gasteiger partial charge < -0.3 is 15.0 Å². The molecule has 1 heterocycles. The molecule has 0 unspecified atom stereocenters. The number of hydrogen-bond donors (Lipinski definition) is 1. The first kappa shape index (κ1) is 16.0. The molecule has 0 atom stereocenters. The van der Waals surface area contributed by atoms with E-state index in [0.717, 1.165) is 43.4 Å². The van der Waals surface area contributed by atoms with Crippen molar-refractivity contribution in [1.29, 1.82) is 0 Å². The minimum atomic E-state index is 0.723. The molecule has 0 aliphatic carbocycles. The Balaban J connectivity index is 1.94. The second-order valence-corrected chi connectivity index (χ2v) is 6.53. The molecule has 1 aromatic carbocycles. The van der Waals surface area contributed by atoms with Gasteiger partial charge in [0.05, 0.1) is 6.61 Å². The van der Waals surface area contributed by atoms with Crippen molar-refractivity contribution in [3.63, 3.8) is 0 Å². The van der Waals surface area contributed by atoms with E-state index < -0.39 is 0 Å². The summed E-state index contributed by atoms with van der Waals surface area (Å²) in [5.41, 5.74) is 2.40. The van der Waals surface area contributed by atoms with E-state index in [1.165, 1.54) is 23.6 Å². The Morgan fingerprint density at radius 1 is 1.35 bits per heavy atom. The molecule has 1 aromatic rings. The summed E-state index contributed by atoms with van der Waals surface area (Å²) in [5.74, 6) is 2.48. The molecular formula is C15H23ClN2OS. The second-order valence-electron chi connectivity index (χ2n) is 4.90. The predicted octanol–water partition coefficient (Wildman–Crippen LogP) is 3.02. The van der Waals surface area contributed by atoms with Gasteiger partial charge in [-0.15, -0.1) is 0 Å². The zero-order valence-electron chi connectivity index (χ0n) is 12.0. The fourth-order valence-corrected chi connectivity index (χ4v) is 3.41. The second kappa shape index (κ2) is 8.78. The summed E-state index contributed by atoms with van der Waals surface area (Å²) >= 11 is 8.44. The van der Waals surface area contributed by atoms with Gasteiger partial charge in [0.1, 0.15) is 0 Å². The summed E-state index contributed by atoms with van der Waals surface area (Å²) < 4.78 is 5.02. The normalized spacial score (nSPS) is 16.2. The Kier molecular flexibility index (Phi) is 7.00. The SMILES string of the molecule is COCCNCc1ccc(N2CCCSCC2)cc1Cl. The van der Waals surface area contributed by atoms with Crippen LogP contribution in [-0.2, 0) is 11.3 Å². The minimum Gasteiger partial charge on any atom is -0.383 e. The van der Waals surface area contributed by atoms with Crippen LogP contribution in [0, 0.1) is 0 Å². The van der Waals surface area contributed by atoms with Gasteiger partial charge in [0.15, 0.2) is 0 Å². The smallest absolute Gasteiger partial charge is 0.0587 e. The largest absolute Gasteiger partial charge is 0.383 e. The Morgan fingerprint density at radius 3 is 3.05 bits per heavy atom. The number of nitrogens with one attached hydrogen (secondary N) is 1. The van der Waals surface area contributed by atoms with E-state index in [4.69, 9.17) is 16.3 Å². The molecule has 3 nitrogen and oxygen atoms in total. The molecule has 1 fully saturated rings. The van der Waals surface area contributed by atoms with Crippen LogP contribution in [0.5, 0.6) is 0 Å². The van der Waals surface area contributed by atoms with Gasteiger partial charge in [-0.05, 0) is 29.9 Å².